The van der Waals surface area contributed by atoms with Crippen LogP contribution < -0.4 is 9.64 Å². The number of aliphatic hydroxyl groups is 1. The molecule has 0 aliphatic carbocycles. The summed E-state index contributed by atoms with van der Waals surface area (Å²) in [5.41, 5.74) is 4.07. The molecule has 4 aromatic rings. The standard InChI is InChI=1S/C25H26FN5O2/c1-16(32)12-17-9-10-27-20(13-17)22-15-28-24-7-8-25(29-31(22)24)30-11-3-4-21(30)19-14-18(26)5-6-23(19)33-2/h5-10,13-16,21,32H,3-4,11-12H2,1-2H3/t16-,21+/m0/s1. The lowest BCUT2D eigenvalue weighted by atomic mass is 10.0. The van der Waals surface area contributed by atoms with Crippen LogP contribution >= 0.6 is 0 Å². The number of hydrogen-bond acceptors (Lipinski definition) is 6. The summed E-state index contributed by atoms with van der Waals surface area (Å²) in [6, 6.07) is 12.4. The number of aromatic nitrogens is 4. The second-order valence-electron chi connectivity index (χ2n) is 8.45. The third kappa shape index (κ3) is 4.14. The number of halogens is 1. The number of nitrogens with zero attached hydrogens (tertiary/aromatic N) is 5. The first-order valence-corrected chi connectivity index (χ1v) is 11.1. The Bertz CT molecular complexity index is 1290. The van der Waals surface area contributed by atoms with Crippen LogP contribution in [0.1, 0.15) is 36.9 Å². The summed E-state index contributed by atoms with van der Waals surface area (Å²) < 4.78 is 21.4. The topological polar surface area (TPSA) is 75.8 Å². The third-order valence-corrected chi connectivity index (χ3v) is 6.06. The van der Waals surface area contributed by atoms with Crippen molar-refractivity contribution >= 4 is 11.5 Å². The first-order valence-electron chi connectivity index (χ1n) is 11.1. The van der Waals surface area contributed by atoms with Crippen LogP contribution in [0.5, 0.6) is 5.75 Å². The molecule has 1 aliphatic heterocycles. The number of aliphatic hydroxyl groups excluding tert-OH is 1. The molecule has 0 radical (unpaired) electrons. The van der Waals surface area contributed by atoms with E-state index >= 15 is 0 Å². The molecule has 0 amide bonds. The molecule has 1 fully saturated rings. The number of hydrogen-bond donors (Lipinski definition) is 1. The van der Waals surface area contributed by atoms with Crippen molar-refractivity contribution in [2.24, 2.45) is 0 Å². The Balaban J connectivity index is 1.53. The predicted octanol–water partition coefficient (Wildman–Crippen LogP) is 4.20. The maximum Gasteiger partial charge on any atom is 0.154 e. The van der Waals surface area contributed by atoms with Crippen molar-refractivity contribution in [3.63, 3.8) is 0 Å². The number of benzene rings is 1. The lowest BCUT2D eigenvalue weighted by molar-refractivity contribution is 0.195. The fourth-order valence-corrected chi connectivity index (χ4v) is 4.60. The highest BCUT2D eigenvalue weighted by atomic mass is 19.1. The Labute approximate surface area is 191 Å². The monoisotopic (exact) mass is 447 g/mol. The van der Waals surface area contributed by atoms with E-state index in [1.807, 2.05) is 24.3 Å². The molecule has 5 rings (SSSR count). The van der Waals surface area contributed by atoms with Crippen LogP contribution in [0.2, 0.25) is 0 Å². The van der Waals surface area contributed by atoms with Crippen molar-refractivity contribution in [2.75, 3.05) is 18.6 Å². The smallest absolute Gasteiger partial charge is 0.154 e. The third-order valence-electron chi connectivity index (χ3n) is 6.06. The number of anilines is 1. The molecule has 0 saturated carbocycles. The fourth-order valence-electron chi connectivity index (χ4n) is 4.60. The van der Waals surface area contributed by atoms with Gasteiger partial charge in [0.1, 0.15) is 23.1 Å². The number of ether oxygens (including phenoxy) is 1. The first kappa shape index (κ1) is 21.3. The summed E-state index contributed by atoms with van der Waals surface area (Å²) in [7, 11) is 1.61. The lowest BCUT2D eigenvalue weighted by Gasteiger charge is -2.27. The largest absolute Gasteiger partial charge is 0.496 e. The SMILES string of the molecule is COc1ccc(F)cc1[C@H]1CCCN1c1ccc2ncc(-c3cc(C[C@H](C)O)ccn3)n2n1. The van der Waals surface area contributed by atoms with Crippen LogP contribution in [0.15, 0.2) is 54.9 Å². The molecule has 1 aliphatic rings. The van der Waals surface area contributed by atoms with Crippen molar-refractivity contribution in [2.45, 2.75) is 38.3 Å². The van der Waals surface area contributed by atoms with E-state index in [0.29, 0.717) is 12.2 Å². The summed E-state index contributed by atoms with van der Waals surface area (Å²) >= 11 is 0. The summed E-state index contributed by atoms with van der Waals surface area (Å²) in [6.45, 7) is 2.58. The molecule has 3 aromatic heterocycles. The Morgan fingerprint density at radius 3 is 2.88 bits per heavy atom. The second kappa shape index (κ2) is 8.78. The zero-order valence-corrected chi connectivity index (χ0v) is 18.6. The quantitative estimate of drug-likeness (QED) is 0.477. The molecule has 1 aromatic carbocycles. The summed E-state index contributed by atoms with van der Waals surface area (Å²) in [6.07, 6.45) is 5.48. The molecule has 1 saturated heterocycles. The Kier molecular flexibility index (Phi) is 5.68. The summed E-state index contributed by atoms with van der Waals surface area (Å²) in [5, 5.41) is 14.6. The van der Waals surface area contributed by atoms with E-state index in [1.54, 1.807) is 43.1 Å². The first-order chi connectivity index (χ1) is 16.0. The van der Waals surface area contributed by atoms with Crippen molar-refractivity contribution in [1.82, 2.24) is 19.6 Å². The van der Waals surface area contributed by atoms with Gasteiger partial charge in [0.25, 0.3) is 0 Å². The van der Waals surface area contributed by atoms with Gasteiger partial charge in [0.05, 0.1) is 31.1 Å². The maximum atomic E-state index is 14.1. The Morgan fingerprint density at radius 1 is 1.18 bits per heavy atom. The van der Waals surface area contributed by atoms with Gasteiger partial charge in [-0.25, -0.2) is 13.9 Å². The molecule has 0 spiro atoms. The maximum absolute atomic E-state index is 14.1. The van der Waals surface area contributed by atoms with E-state index in [1.165, 1.54) is 6.07 Å². The summed E-state index contributed by atoms with van der Waals surface area (Å²) in [4.78, 5) is 11.2. The molecule has 0 bridgehead atoms. The number of pyridine rings is 1. The number of methoxy groups -OCH3 is 1. The molecule has 33 heavy (non-hydrogen) atoms. The van der Waals surface area contributed by atoms with E-state index in [4.69, 9.17) is 9.84 Å². The molecule has 7 nitrogen and oxygen atoms in total. The van der Waals surface area contributed by atoms with E-state index < -0.39 is 6.10 Å². The van der Waals surface area contributed by atoms with Gasteiger partial charge in [-0.3, -0.25) is 4.98 Å². The molecule has 1 N–H and O–H groups in total. The highest BCUT2D eigenvalue weighted by Gasteiger charge is 2.30. The Hall–Kier alpha value is -3.52. The van der Waals surface area contributed by atoms with E-state index in [0.717, 1.165) is 53.4 Å². The summed E-state index contributed by atoms with van der Waals surface area (Å²) in [5.74, 6) is 1.19. The molecule has 8 heteroatoms. The van der Waals surface area contributed by atoms with Gasteiger partial charge < -0.3 is 14.7 Å². The van der Waals surface area contributed by atoms with Crippen molar-refractivity contribution < 1.29 is 14.2 Å². The second-order valence-corrected chi connectivity index (χ2v) is 8.45. The average molecular weight is 448 g/mol. The van der Waals surface area contributed by atoms with Crippen molar-refractivity contribution in [1.29, 1.82) is 0 Å². The number of fused-ring (bicyclic) bond motifs is 1. The minimum absolute atomic E-state index is 0.0277. The number of rotatable bonds is 6. The van der Waals surface area contributed by atoms with E-state index in [-0.39, 0.29) is 11.9 Å². The van der Waals surface area contributed by atoms with Crippen LogP contribution in [0, 0.1) is 5.82 Å². The van der Waals surface area contributed by atoms with Crippen LogP contribution in [0.25, 0.3) is 17.0 Å². The average Bonchev–Trinajstić information content (AvgIpc) is 3.45. The molecular weight excluding hydrogens is 421 g/mol. The zero-order chi connectivity index (χ0) is 22.9. The van der Waals surface area contributed by atoms with Crippen LogP contribution in [0.3, 0.4) is 0 Å². The lowest BCUT2D eigenvalue weighted by Crippen LogP contribution is -2.24. The minimum Gasteiger partial charge on any atom is -0.496 e. The van der Waals surface area contributed by atoms with Crippen LogP contribution in [-0.4, -0.2) is 44.4 Å². The van der Waals surface area contributed by atoms with Gasteiger partial charge >= 0.3 is 0 Å². The van der Waals surface area contributed by atoms with E-state index in [2.05, 4.69) is 14.9 Å². The van der Waals surface area contributed by atoms with Gasteiger partial charge in [0.2, 0.25) is 0 Å². The highest BCUT2D eigenvalue weighted by Crippen LogP contribution is 2.39. The number of imidazole rings is 1. The van der Waals surface area contributed by atoms with Crippen molar-refractivity contribution in [3.8, 4) is 17.1 Å². The van der Waals surface area contributed by atoms with Gasteiger partial charge in [-0.1, -0.05) is 0 Å². The zero-order valence-electron chi connectivity index (χ0n) is 18.6. The van der Waals surface area contributed by atoms with Gasteiger partial charge in [0.15, 0.2) is 5.65 Å². The van der Waals surface area contributed by atoms with Crippen LogP contribution in [0.4, 0.5) is 10.2 Å². The molecule has 170 valence electrons. The Morgan fingerprint density at radius 2 is 2.06 bits per heavy atom. The van der Waals surface area contributed by atoms with Gasteiger partial charge in [-0.05, 0) is 74.2 Å². The molecule has 0 unspecified atom stereocenters. The molecular formula is C25H26FN5O2. The van der Waals surface area contributed by atoms with Crippen LogP contribution in [-0.2, 0) is 6.42 Å². The highest BCUT2D eigenvalue weighted by molar-refractivity contribution is 5.61. The predicted molar refractivity (Wildman–Crippen MR) is 124 cm³/mol. The van der Waals surface area contributed by atoms with Gasteiger partial charge in [-0.15, -0.1) is 5.10 Å². The van der Waals surface area contributed by atoms with Gasteiger partial charge in [0, 0.05) is 18.3 Å². The van der Waals surface area contributed by atoms with E-state index in [9.17, 15) is 9.50 Å². The molecule has 4 heterocycles. The molecule has 2 atom stereocenters. The van der Waals surface area contributed by atoms with Gasteiger partial charge in [-0.2, -0.15) is 0 Å². The minimum atomic E-state index is -0.431. The fraction of sp³-hybridized carbons (Fsp3) is 0.320. The normalized spacial score (nSPS) is 17.0. The van der Waals surface area contributed by atoms with Crippen molar-refractivity contribution in [3.05, 3.63) is 71.8 Å².